The molecule has 1 aromatic heterocycles. The highest BCUT2D eigenvalue weighted by atomic mass is 35.5. The number of sulfonamides is 1. The summed E-state index contributed by atoms with van der Waals surface area (Å²) in [5.41, 5.74) is 3.87. The first-order valence-corrected chi connectivity index (χ1v) is 23.9. The second-order valence-electron chi connectivity index (χ2n) is 15.8. The molecule has 0 radical (unpaired) electrons. The van der Waals surface area contributed by atoms with Gasteiger partial charge in [0.05, 0.1) is 28.5 Å². The molecule has 0 bridgehead atoms. The van der Waals surface area contributed by atoms with Crippen molar-refractivity contribution < 1.29 is 22.8 Å². The Hall–Kier alpha value is -5.29. The SMILES string of the molecule is CO[C@@H]1CC(Cc2cc(Cl)ccc2-c2ccccc2)CCN1c1nc(NS(=O)(=O)c2ccc(NC(CCN3CCOCC3)CSc3ccccc3)c([N+](=O)[O-])c2)c2ccccc2n1. The second-order valence-corrected chi connectivity index (χ2v) is 19.0. The number of ether oxygens (including phenoxy) is 2. The van der Waals surface area contributed by atoms with E-state index in [1.54, 1.807) is 37.1 Å². The third-order valence-corrected chi connectivity index (χ3v) is 14.3. The molecular formula is C47H50ClN7O6S2. The topological polar surface area (TPSA) is 152 Å². The molecule has 0 amide bonds. The molecule has 8 rings (SSSR count). The lowest BCUT2D eigenvalue weighted by Gasteiger charge is -2.39. The van der Waals surface area contributed by atoms with E-state index in [0.29, 0.717) is 53.8 Å². The number of methoxy groups -OCH3 is 1. The van der Waals surface area contributed by atoms with Crippen molar-refractivity contribution in [2.75, 3.05) is 67.2 Å². The molecule has 2 aliphatic heterocycles. The average molecular weight is 909 g/mol. The van der Waals surface area contributed by atoms with Gasteiger partial charge in [0.2, 0.25) is 5.95 Å². The number of benzene rings is 5. The largest absolute Gasteiger partial charge is 0.379 e. The van der Waals surface area contributed by atoms with Gasteiger partial charge in [-0.15, -0.1) is 11.8 Å². The molecule has 3 atom stereocenters. The van der Waals surface area contributed by atoms with E-state index in [1.165, 1.54) is 12.1 Å². The number of rotatable bonds is 17. The summed E-state index contributed by atoms with van der Waals surface area (Å²) in [6.07, 6.45) is 2.61. The lowest BCUT2D eigenvalue weighted by atomic mass is 9.86. The number of piperidine rings is 1. The molecule has 2 aliphatic rings. The van der Waals surface area contributed by atoms with E-state index < -0.39 is 14.9 Å². The van der Waals surface area contributed by atoms with Crippen molar-refractivity contribution in [3.8, 4) is 11.1 Å². The smallest absolute Gasteiger partial charge is 0.293 e. The van der Waals surface area contributed by atoms with Crippen molar-refractivity contribution >= 4 is 67.4 Å². The Morgan fingerprint density at radius 1 is 0.937 bits per heavy atom. The predicted octanol–water partition coefficient (Wildman–Crippen LogP) is 9.39. The van der Waals surface area contributed by atoms with Crippen LogP contribution in [0.4, 0.5) is 23.1 Å². The van der Waals surface area contributed by atoms with Crippen LogP contribution in [-0.4, -0.2) is 92.7 Å². The Kier molecular flexibility index (Phi) is 14.4. The van der Waals surface area contributed by atoms with Crippen LogP contribution < -0.4 is 14.9 Å². The van der Waals surface area contributed by atoms with Gasteiger partial charge in [0.1, 0.15) is 11.9 Å². The van der Waals surface area contributed by atoms with Crippen molar-refractivity contribution in [1.29, 1.82) is 0 Å². The maximum absolute atomic E-state index is 14.2. The number of thioether (sulfide) groups is 1. The highest BCUT2D eigenvalue weighted by Gasteiger charge is 2.32. The van der Waals surface area contributed by atoms with E-state index in [9.17, 15) is 18.5 Å². The molecule has 0 aliphatic carbocycles. The zero-order valence-electron chi connectivity index (χ0n) is 34.9. The maximum Gasteiger partial charge on any atom is 0.293 e. The molecule has 3 heterocycles. The van der Waals surface area contributed by atoms with E-state index in [-0.39, 0.29) is 40.3 Å². The molecule has 2 N–H and O–H groups in total. The summed E-state index contributed by atoms with van der Waals surface area (Å²) in [5, 5.41) is 17.1. The molecule has 2 saturated heterocycles. The molecule has 0 saturated carbocycles. The second kappa shape index (κ2) is 20.5. The van der Waals surface area contributed by atoms with Gasteiger partial charge >= 0.3 is 0 Å². The van der Waals surface area contributed by atoms with Crippen molar-refractivity contribution in [2.45, 2.75) is 47.7 Å². The monoisotopic (exact) mass is 907 g/mol. The van der Waals surface area contributed by atoms with Crippen LogP contribution in [0.3, 0.4) is 0 Å². The van der Waals surface area contributed by atoms with Gasteiger partial charge in [0, 0.05) is 66.5 Å². The molecule has 16 heteroatoms. The molecule has 6 aromatic rings. The number of para-hydroxylation sites is 1. The molecule has 63 heavy (non-hydrogen) atoms. The van der Waals surface area contributed by atoms with Crippen LogP contribution >= 0.6 is 23.4 Å². The standard InChI is InChI=1S/C47H50ClN7O6S2/c1-60-45-29-33(28-35-30-36(48)16-18-40(35)34-10-4-2-5-11-34)20-23-54(45)47-50-42-15-9-8-14-41(42)46(51-47)52-63(58,59)39-17-19-43(44(31-39)55(56)57)49-37(21-22-53-24-26-61-27-25-53)32-62-38-12-6-3-7-13-38/h2-19,30-31,33,37,45,49H,20-29,32H2,1H3,(H,50,51,52)/t33?,37?,45-/m1/s1. The molecule has 5 aromatic carbocycles. The Balaban J connectivity index is 1.01. The fourth-order valence-corrected chi connectivity index (χ4v) is 10.5. The maximum atomic E-state index is 14.2. The van der Waals surface area contributed by atoms with Gasteiger partial charge in [0.15, 0.2) is 5.82 Å². The van der Waals surface area contributed by atoms with Crippen molar-refractivity contribution in [2.24, 2.45) is 5.92 Å². The summed E-state index contributed by atoms with van der Waals surface area (Å²) in [6.45, 7) is 4.35. The Morgan fingerprint density at radius 3 is 2.44 bits per heavy atom. The van der Waals surface area contributed by atoms with E-state index in [4.69, 9.17) is 31.0 Å². The number of halogens is 1. The minimum absolute atomic E-state index is 0.0602. The van der Waals surface area contributed by atoms with E-state index >= 15 is 0 Å². The van der Waals surface area contributed by atoms with Gasteiger partial charge in [-0.25, -0.2) is 13.4 Å². The van der Waals surface area contributed by atoms with Crippen LogP contribution in [0, 0.1) is 16.0 Å². The number of nitro benzene ring substituents is 1. The average Bonchev–Trinajstić information content (AvgIpc) is 3.30. The number of hydrogen-bond donors (Lipinski definition) is 2. The number of fused-ring (bicyclic) bond motifs is 1. The highest BCUT2D eigenvalue weighted by Crippen LogP contribution is 2.36. The molecule has 328 valence electrons. The minimum atomic E-state index is -4.37. The number of anilines is 3. The highest BCUT2D eigenvalue weighted by molar-refractivity contribution is 7.99. The Labute approximate surface area is 377 Å². The van der Waals surface area contributed by atoms with Gasteiger partial charge < -0.3 is 19.7 Å². The summed E-state index contributed by atoms with van der Waals surface area (Å²) >= 11 is 8.16. The summed E-state index contributed by atoms with van der Waals surface area (Å²) < 4.78 is 42.6. The Bertz CT molecular complexity index is 2620. The fraction of sp³-hybridized carbons (Fsp3) is 0.319. The molecular weight excluding hydrogens is 858 g/mol. The van der Waals surface area contributed by atoms with Crippen molar-refractivity contribution in [1.82, 2.24) is 14.9 Å². The zero-order valence-corrected chi connectivity index (χ0v) is 37.3. The normalized spacial score (nSPS) is 17.7. The van der Waals surface area contributed by atoms with Gasteiger partial charge in [-0.1, -0.05) is 78.3 Å². The minimum Gasteiger partial charge on any atom is -0.379 e. The van der Waals surface area contributed by atoms with Crippen LogP contribution in [0.2, 0.25) is 5.02 Å². The third-order valence-electron chi connectivity index (χ3n) is 11.6. The lowest BCUT2D eigenvalue weighted by molar-refractivity contribution is -0.384. The van der Waals surface area contributed by atoms with Crippen molar-refractivity contribution in [3.05, 3.63) is 142 Å². The molecule has 2 fully saturated rings. The van der Waals surface area contributed by atoms with Gasteiger partial charge in [-0.3, -0.25) is 19.7 Å². The number of hydrogen-bond acceptors (Lipinski definition) is 12. The molecule has 2 unspecified atom stereocenters. The van der Waals surface area contributed by atoms with Crippen LogP contribution in [0.5, 0.6) is 0 Å². The lowest BCUT2D eigenvalue weighted by Crippen LogP contribution is -2.45. The van der Waals surface area contributed by atoms with E-state index in [2.05, 4.69) is 33.1 Å². The molecule has 13 nitrogen and oxygen atoms in total. The summed E-state index contributed by atoms with van der Waals surface area (Å²) in [6, 6.07) is 37.3. The van der Waals surface area contributed by atoms with E-state index in [1.807, 2.05) is 71.6 Å². The predicted molar refractivity (Wildman–Crippen MR) is 251 cm³/mol. The van der Waals surface area contributed by atoms with Crippen LogP contribution in [0.15, 0.2) is 131 Å². The summed E-state index contributed by atoms with van der Waals surface area (Å²) in [7, 11) is -2.72. The number of nitrogens with zero attached hydrogens (tertiary/aromatic N) is 5. The molecule has 0 spiro atoms. The quantitative estimate of drug-likeness (QED) is 0.0510. The first kappa shape index (κ1) is 44.3. The number of nitrogens with one attached hydrogen (secondary N) is 2. The van der Waals surface area contributed by atoms with Crippen LogP contribution in [0.1, 0.15) is 24.8 Å². The van der Waals surface area contributed by atoms with Gasteiger partial charge in [0.25, 0.3) is 15.7 Å². The first-order valence-electron chi connectivity index (χ1n) is 21.1. The van der Waals surface area contributed by atoms with Gasteiger partial charge in [-0.2, -0.15) is 4.98 Å². The first-order chi connectivity index (χ1) is 30.6. The number of aromatic nitrogens is 2. The Morgan fingerprint density at radius 2 is 1.68 bits per heavy atom. The number of nitro groups is 1. The van der Waals surface area contributed by atoms with Crippen LogP contribution in [0.25, 0.3) is 22.0 Å². The van der Waals surface area contributed by atoms with Gasteiger partial charge in [-0.05, 0) is 96.8 Å². The number of morpholine rings is 1. The summed E-state index contributed by atoms with van der Waals surface area (Å²) in [5.74, 6) is 1.28. The van der Waals surface area contributed by atoms with Crippen molar-refractivity contribution in [3.63, 3.8) is 0 Å². The third kappa shape index (κ3) is 11.1. The fourth-order valence-electron chi connectivity index (χ4n) is 8.28. The zero-order chi connectivity index (χ0) is 43.8. The van der Waals surface area contributed by atoms with Crippen LogP contribution in [-0.2, 0) is 25.9 Å². The van der Waals surface area contributed by atoms with E-state index in [0.717, 1.165) is 66.5 Å². The summed E-state index contributed by atoms with van der Waals surface area (Å²) in [4.78, 5) is 26.8.